The van der Waals surface area contributed by atoms with Crippen molar-refractivity contribution in [1.82, 2.24) is 5.32 Å². The number of nitrogens with one attached hydrogen (secondary N) is 1. The van der Waals surface area contributed by atoms with Crippen molar-refractivity contribution in [1.29, 1.82) is 0 Å². The van der Waals surface area contributed by atoms with Gasteiger partial charge in [-0.3, -0.25) is 4.79 Å². The van der Waals surface area contributed by atoms with Crippen molar-refractivity contribution in [2.75, 3.05) is 7.11 Å². The summed E-state index contributed by atoms with van der Waals surface area (Å²) in [6.07, 6.45) is -3.75. The molecular formula is C20H16Cl2F3N3O3. The van der Waals surface area contributed by atoms with Crippen molar-refractivity contribution >= 4 is 41.2 Å². The largest absolute Gasteiger partial charge is 0.417 e. The molecule has 0 aliphatic carbocycles. The molecule has 1 heterocycles. The molecule has 0 fully saturated rings. The number of halogens is 5. The number of rotatable bonds is 5. The van der Waals surface area contributed by atoms with E-state index in [-0.39, 0.29) is 17.7 Å². The van der Waals surface area contributed by atoms with Crippen LogP contribution in [-0.2, 0) is 21.5 Å². The Morgan fingerprint density at radius 3 is 2.55 bits per heavy atom. The first-order chi connectivity index (χ1) is 14.5. The lowest BCUT2D eigenvalue weighted by Gasteiger charge is -2.22. The van der Waals surface area contributed by atoms with E-state index in [4.69, 9.17) is 28.0 Å². The summed E-state index contributed by atoms with van der Waals surface area (Å²) >= 11 is 12.1. The number of hydrogen-bond acceptors (Lipinski definition) is 5. The molecule has 0 saturated heterocycles. The third kappa shape index (κ3) is 5.11. The van der Waals surface area contributed by atoms with E-state index in [2.05, 4.69) is 20.5 Å². The molecule has 0 bridgehead atoms. The quantitative estimate of drug-likeness (QED) is 0.360. The van der Waals surface area contributed by atoms with Gasteiger partial charge in [0.05, 0.1) is 16.8 Å². The van der Waals surface area contributed by atoms with E-state index in [1.807, 2.05) is 0 Å². The third-order valence-corrected chi connectivity index (χ3v) is 5.03. The summed E-state index contributed by atoms with van der Waals surface area (Å²) in [6.45, 7) is 1.73. The highest BCUT2D eigenvalue weighted by atomic mass is 35.5. The summed E-state index contributed by atoms with van der Waals surface area (Å²) in [4.78, 5) is 22.1. The molecule has 1 unspecified atom stereocenters. The average molecular weight is 474 g/mol. The average Bonchev–Trinajstić information content (AvgIpc) is 3.10. The van der Waals surface area contributed by atoms with Gasteiger partial charge in [-0.05, 0) is 37.3 Å². The van der Waals surface area contributed by atoms with E-state index in [1.54, 1.807) is 25.1 Å². The minimum atomic E-state index is -4.77. The maximum atomic E-state index is 13.6. The number of hydrogen-bond donors (Lipinski definition) is 1. The minimum Gasteiger partial charge on any atom is -0.398 e. The van der Waals surface area contributed by atoms with E-state index in [9.17, 15) is 18.0 Å². The molecule has 2 aromatic rings. The van der Waals surface area contributed by atoms with Crippen LogP contribution in [0.15, 0.2) is 46.7 Å². The van der Waals surface area contributed by atoms with Gasteiger partial charge in [0.2, 0.25) is 0 Å². The summed E-state index contributed by atoms with van der Waals surface area (Å²) in [5, 5.41) is 10.2. The molecule has 1 atom stereocenters. The summed E-state index contributed by atoms with van der Waals surface area (Å²) in [7, 11) is 1.23. The van der Waals surface area contributed by atoms with Crippen molar-refractivity contribution in [3.63, 3.8) is 0 Å². The molecule has 6 nitrogen and oxygen atoms in total. The fourth-order valence-corrected chi connectivity index (χ4v) is 3.61. The fraction of sp³-hybridized carbons (Fsp3) is 0.250. The summed E-state index contributed by atoms with van der Waals surface area (Å²) in [6, 6.07) is 8.17. The van der Waals surface area contributed by atoms with Crippen LogP contribution in [0.3, 0.4) is 0 Å². The van der Waals surface area contributed by atoms with Gasteiger partial charge in [0.25, 0.3) is 5.91 Å². The van der Waals surface area contributed by atoms with Crippen molar-refractivity contribution in [3.05, 3.63) is 68.7 Å². The Morgan fingerprint density at radius 1 is 1.26 bits per heavy atom. The second-order valence-corrected chi connectivity index (χ2v) is 7.72. The number of amides is 1. The van der Waals surface area contributed by atoms with Gasteiger partial charge in [-0.25, -0.2) is 0 Å². The maximum Gasteiger partial charge on any atom is 0.417 e. The van der Waals surface area contributed by atoms with Gasteiger partial charge in [0.15, 0.2) is 5.60 Å². The SMILES string of the molecule is CO/N=C\NC(=O)c1ccc(C2=NOC(C)(c3cc(Cl)cc(Cl)c3)C2)cc1C(F)(F)F. The summed E-state index contributed by atoms with van der Waals surface area (Å²) < 4.78 is 40.9. The van der Waals surface area contributed by atoms with Crippen LogP contribution >= 0.6 is 23.2 Å². The smallest absolute Gasteiger partial charge is 0.398 e. The zero-order chi connectivity index (χ0) is 22.8. The molecule has 1 N–H and O–H groups in total. The highest BCUT2D eigenvalue weighted by molar-refractivity contribution is 6.34. The fourth-order valence-electron chi connectivity index (χ4n) is 3.08. The van der Waals surface area contributed by atoms with Crippen LogP contribution in [0, 0.1) is 0 Å². The number of alkyl halides is 3. The topological polar surface area (TPSA) is 72.3 Å². The van der Waals surface area contributed by atoms with E-state index < -0.39 is 28.8 Å². The van der Waals surface area contributed by atoms with Crippen LogP contribution < -0.4 is 5.32 Å². The van der Waals surface area contributed by atoms with E-state index >= 15 is 0 Å². The molecule has 1 aliphatic heterocycles. The van der Waals surface area contributed by atoms with Crippen LogP contribution in [0.2, 0.25) is 10.0 Å². The lowest BCUT2D eigenvalue weighted by atomic mass is 9.88. The highest BCUT2D eigenvalue weighted by Gasteiger charge is 2.39. The third-order valence-electron chi connectivity index (χ3n) is 4.59. The Labute approximate surface area is 185 Å². The summed E-state index contributed by atoms with van der Waals surface area (Å²) in [5.74, 6) is -0.984. The lowest BCUT2D eigenvalue weighted by Crippen LogP contribution is -2.26. The number of carbonyl (C=O) groups excluding carboxylic acids is 1. The molecule has 1 amide bonds. The van der Waals surface area contributed by atoms with E-state index in [0.717, 1.165) is 18.5 Å². The molecule has 1 aliphatic rings. The number of nitrogens with zero attached hydrogens (tertiary/aromatic N) is 2. The molecule has 0 aromatic heterocycles. The van der Waals surface area contributed by atoms with Gasteiger partial charge in [0, 0.05) is 27.6 Å². The molecule has 3 rings (SSSR count). The predicted molar refractivity (Wildman–Crippen MR) is 110 cm³/mol. The lowest BCUT2D eigenvalue weighted by molar-refractivity contribution is -0.137. The standard InChI is InChI=1S/C20H16Cl2F3N3O3/c1-19(12-6-13(21)8-14(22)7-12)9-17(28-31-19)11-3-4-15(16(5-11)20(23,24)25)18(29)26-10-27-30-2/h3-8,10H,9H2,1-2H3,(H,26,27,29). The number of oxime groups is 2. The molecule has 0 spiro atoms. The molecule has 2 aromatic carbocycles. The van der Waals surface area contributed by atoms with Gasteiger partial charge >= 0.3 is 6.18 Å². The molecule has 31 heavy (non-hydrogen) atoms. The van der Waals surface area contributed by atoms with Crippen LogP contribution in [0.25, 0.3) is 0 Å². The molecule has 11 heteroatoms. The number of benzene rings is 2. The van der Waals surface area contributed by atoms with Crippen molar-refractivity contribution in [2.45, 2.75) is 25.1 Å². The van der Waals surface area contributed by atoms with Crippen molar-refractivity contribution in [3.8, 4) is 0 Å². The van der Waals surface area contributed by atoms with Crippen LogP contribution in [0.4, 0.5) is 13.2 Å². The first kappa shape index (κ1) is 22.9. The van der Waals surface area contributed by atoms with Crippen LogP contribution in [-0.4, -0.2) is 25.1 Å². The first-order valence-electron chi connectivity index (χ1n) is 8.82. The Kier molecular flexibility index (Phi) is 6.47. The molecule has 0 radical (unpaired) electrons. The van der Waals surface area contributed by atoms with Gasteiger partial charge in [0.1, 0.15) is 13.4 Å². The van der Waals surface area contributed by atoms with Crippen LogP contribution in [0.1, 0.15) is 40.4 Å². The van der Waals surface area contributed by atoms with E-state index in [1.165, 1.54) is 13.2 Å². The summed E-state index contributed by atoms with van der Waals surface area (Å²) in [5.41, 5.74) is -1.55. The zero-order valence-electron chi connectivity index (χ0n) is 16.3. The van der Waals surface area contributed by atoms with Gasteiger partial charge in [-0.15, -0.1) is 0 Å². The second kappa shape index (κ2) is 8.76. The van der Waals surface area contributed by atoms with Gasteiger partial charge in [-0.1, -0.05) is 39.6 Å². The normalized spacial score (nSPS) is 18.6. The predicted octanol–water partition coefficient (Wildman–Crippen LogP) is 5.37. The number of carbonyl (C=O) groups is 1. The molecule has 164 valence electrons. The maximum absolute atomic E-state index is 13.6. The Hall–Kier alpha value is -2.78. The minimum absolute atomic E-state index is 0.172. The Balaban J connectivity index is 1.91. The second-order valence-electron chi connectivity index (χ2n) is 6.84. The van der Waals surface area contributed by atoms with Crippen molar-refractivity contribution < 1.29 is 27.6 Å². The first-order valence-corrected chi connectivity index (χ1v) is 9.58. The van der Waals surface area contributed by atoms with Gasteiger partial charge < -0.3 is 15.0 Å². The van der Waals surface area contributed by atoms with Crippen molar-refractivity contribution in [2.24, 2.45) is 10.3 Å². The molecule has 0 saturated carbocycles. The van der Waals surface area contributed by atoms with E-state index in [0.29, 0.717) is 15.6 Å². The zero-order valence-corrected chi connectivity index (χ0v) is 17.8. The van der Waals surface area contributed by atoms with Crippen LogP contribution in [0.5, 0.6) is 0 Å². The Morgan fingerprint density at radius 2 is 1.94 bits per heavy atom. The monoisotopic (exact) mass is 473 g/mol. The Bertz CT molecular complexity index is 1050. The highest BCUT2D eigenvalue weighted by Crippen LogP contribution is 2.39. The van der Waals surface area contributed by atoms with Gasteiger partial charge in [-0.2, -0.15) is 13.2 Å². The molecular weight excluding hydrogens is 458 g/mol.